The third-order valence-electron chi connectivity index (χ3n) is 4.94. The van der Waals surface area contributed by atoms with Crippen LogP contribution in [0.1, 0.15) is 58.1 Å². The molecule has 0 nitrogen and oxygen atoms in total. The predicted octanol–water partition coefficient (Wildman–Crippen LogP) is 4.74. The SMILES string of the molecule is CC1CC(C)(C(C)C)c2ccccc2C1C. The number of hydrogen-bond donors (Lipinski definition) is 0. The zero-order valence-corrected chi connectivity index (χ0v) is 11.2. The Hall–Kier alpha value is -0.780. The topological polar surface area (TPSA) is 0 Å². The van der Waals surface area contributed by atoms with E-state index in [1.54, 1.807) is 11.1 Å². The van der Waals surface area contributed by atoms with Gasteiger partial charge in [-0.1, -0.05) is 58.9 Å². The van der Waals surface area contributed by atoms with Gasteiger partial charge in [-0.15, -0.1) is 0 Å². The second kappa shape index (κ2) is 3.91. The Labute approximate surface area is 100 Å². The van der Waals surface area contributed by atoms with Crippen LogP contribution in [0.4, 0.5) is 0 Å². The lowest BCUT2D eigenvalue weighted by Gasteiger charge is -2.45. The first-order chi connectivity index (χ1) is 7.47. The molecule has 3 atom stereocenters. The van der Waals surface area contributed by atoms with Crippen LogP contribution in [0.3, 0.4) is 0 Å². The van der Waals surface area contributed by atoms with Gasteiger partial charge in [0.05, 0.1) is 0 Å². The molecule has 0 bridgehead atoms. The Morgan fingerprint density at radius 3 is 2.44 bits per heavy atom. The van der Waals surface area contributed by atoms with Crippen molar-refractivity contribution in [1.29, 1.82) is 0 Å². The molecule has 88 valence electrons. The highest BCUT2D eigenvalue weighted by Crippen LogP contribution is 2.49. The zero-order valence-electron chi connectivity index (χ0n) is 11.2. The van der Waals surface area contributed by atoms with Gasteiger partial charge >= 0.3 is 0 Å². The summed E-state index contributed by atoms with van der Waals surface area (Å²) in [5, 5.41) is 0. The summed E-state index contributed by atoms with van der Waals surface area (Å²) in [6.45, 7) is 11.9. The Kier molecular flexibility index (Phi) is 2.86. The maximum atomic E-state index is 2.44. The number of fused-ring (bicyclic) bond motifs is 1. The Morgan fingerprint density at radius 2 is 1.81 bits per heavy atom. The summed E-state index contributed by atoms with van der Waals surface area (Å²) in [6, 6.07) is 9.06. The van der Waals surface area contributed by atoms with Crippen LogP contribution in [0.25, 0.3) is 0 Å². The largest absolute Gasteiger partial charge is 0.0620 e. The zero-order chi connectivity index (χ0) is 11.9. The summed E-state index contributed by atoms with van der Waals surface area (Å²) in [6.07, 6.45) is 1.32. The van der Waals surface area contributed by atoms with Gasteiger partial charge < -0.3 is 0 Å². The second-order valence-electron chi connectivity index (χ2n) is 6.13. The van der Waals surface area contributed by atoms with Gasteiger partial charge in [0.25, 0.3) is 0 Å². The van der Waals surface area contributed by atoms with Gasteiger partial charge in [-0.3, -0.25) is 0 Å². The lowest BCUT2D eigenvalue weighted by atomic mass is 9.59. The Morgan fingerprint density at radius 1 is 1.19 bits per heavy atom. The van der Waals surface area contributed by atoms with Crippen LogP contribution >= 0.6 is 0 Å². The molecule has 1 aromatic carbocycles. The van der Waals surface area contributed by atoms with Crippen LogP contribution in [0.5, 0.6) is 0 Å². The van der Waals surface area contributed by atoms with Crippen molar-refractivity contribution in [1.82, 2.24) is 0 Å². The number of benzene rings is 1. The average molecular weight is 216 g/mol. The summed E-state index contributed by atoms with van der Waals surface area (Å²) in [5.41, 5.74) is 3.54. The van der Waals surface area contributed by atoms with E-state index in [1.165, 1.54) is 6.42 Å². The quantitative estimate of drug-likeness (QED) is 0.636. The molecule has 0 heterocycles. The van der Waals surface area contributed by atoms with E-state index in [4.69, 9.17) is 0 Å². The molecule has 3 unspecified atom stereocenters. The summed E-state index contributed by atoms with van der Waals surface area (Å²) in [5.74, 6) is 2.22. The molecular weight excluding hydrogens is 192 g/mol. The minimum absolute atomic E-state index is 0.364. The minimum atomic E-state index is 0.364. The minimum Gasteiger partial charge on any atom is -0.0620 e. The van der Waals surface area contributed by atoms with E-state index in [2.05, 4.69) is 58.9 Å². The van der Waals surface area contributed by atoms with Crippen LogP contribution < -0.4 is 0 Å². The first-order valence-corrected chi connectivity index (χ1v) is 6.56. The molecule has 0 N–H and O–H groups in total. The van der Waals surface area contributed by atoms with E-state index in [0.717, 1.165) is 5.92 Å². The van der Waals surface area contributed by atoms with E-state index < -0.39 is 0 Å². The second-order valence-corrected chi connectivity index (χ2v) is 6.13. The van der Waals surface area contributed by atoms with Gasteiger partial charge in [0.15, 0.2) is 0 Å². The molecule has 0 heteroatoms. The fourth-order valence-corrected chi connectivity index (χ4v) is 3.22. The van der Waals surface area contributed by atoms with Gasteiger partial charge in [0, 0.05) is 0 Å². The van der Waals surface area contributed by atoms with Gasteiger partial charge in [-0.2, -0.15) is 0 Å². The molecule has 0 saturated carbocycles. The molecule has 1 aliphatic rings. The maximum Gasteiger partial charge on any atom is -0.00467 e. The van der Waals surface area contributed by atoms with Crippen molar-refractivity contribution >= 4 is 0 Å². The van der Waals surface area contributed by atoms with Crippen LogP contribution in [-0.2, 0) is 5.41 Å². The average Bonchev–Trinajstić information content (AvgIpc) is 2.26. The van der Waals surface area contributed by atoms with E-state index in [0.29, 0.717) is 17.3 Å². The smallest absolute Gasteiger partial charge is 0.00467 e. The Bertz CT molecular complexity index is 377. The van der Waals surface area contributed by atoms with Crippen LogP contribution in [0, 0.1) is 11.8 Å². The third-order valence-corrected chi connectivity index (χ3v) is 4.94. The third kappa shape index (κ3) is 1.59. The highest BCUT2D eigenvalue weighted by molar-refractivity contribution is 5.39. The van der Waals surface area contributed by atoms with Crippen LogP contribution in [-0.4, -0.2) is 0 Å². The van der Waals surface area contributed by atoms with Gasteiger partial charge in [-0.05, 0) is 40.7 Å². The van der Waals surface area contributed by atoms with Gasteiger partial charge in [0.2, 0.25) is 0 Å². The van der Waals surface area contributed by atoms with Gasteiger partial charge in [-0.25, -0.2) is 0 Å². The molecule has 0 radical (unpaired) electrons. The molecule has 0 aromatic heterocycles. The fraction of sp³-hybridized carbons (Fsp3) is 0.625. The molecular formula is C16H24. The van der Waals surface area contributed by atoms with Crippen molar-refractivity contribution in [2.75, 3.05) is 0 Å². The first-order valence-electron chi connectivity index (χ1n) is 6.56. The van der Waals surface area contributed by atoms with Crippen molar-refractivity contribution < 1.29 is 0 Å². The molecule has 0 spiro atoms. The first kappa shape index (κ1) is 11.7. The van der Waals surface area contributed by atoms with Crippen molar-refractivity contribution in [2.24, 2.45) is 11.8 Å². The summed E-state index contributed by atoms with van der Waals surface area (Å²) in [4.78, 5) is 0. The standard InChI is InChI=1S/C16H24/c1-11(2)16(5)10-12(3)13(4)14-8-6-7-9-15(14)16/h6-9,11-13H,10H2,1-5H3. The molecule has 2 rings (SSSR count). The highest BCUT2D eigenvalue weighted by atomic mass is 14.4. The molecule has 1 aliphatic carbocycles. The monoisotopic (exact) mass is 216 g/mol. The van der Waals surface area contributed by atoms with Crippen molar-refractivity contribution in [2.45, 2.75) is 52.4 Å². The summed E-state index contributed by atoms with van der Waals surface area (Å²) >= 11 is 0. The molecule has 0 saturated heterocycles. The van der Waals surface area contributed by atoms with Crippen LogP contribution in [0.2, 0.25) is 0 Å². The van der Waals surface area contributed by atoms with Crippen LogP contribution in [0.15, 0.2) is 24.3 Å². The summed E-state index contributed by atoms with van der Waals surface area (Å²) in [7, 11) is 0. The molecule has 0 fully saturated rings. The number of rotatable bonds is 1. The molecule has 0 amide bonds. The van der Waals surface area contributed by atoms with E-state index >= 15 is 0 Å². The van der Waals surface area contributed by atoms with E-state index in [-0.39, 0.29) is 0 Å². The maximum absolute atomic E-state index is 2.44. The Balaban J connectivity index is 2.57. The summed E-state index contributed by atoms with van der Waals surface area (Å²) < 4.78 is 0. The fourth-order valence-electron chi connectivity index (χ4n) is 3.22. The predicted molar refractivity (Wildman–Crippen MR) is 70.8 cm³/mol. The van der Waals surface area contributed by atoms with Crippen molar-refractivity contribution in [3.8, 4) is 0 Å². The molecule has 0 aliphatic heterocycles. The van der Waals surface area contributed by atoms with E-state index in [1.807, 2.05) is 0 Å². The number of hydrogen-bond acceptors (Lipinski definition) is 0. The normalized spacial score (nSPS) is 33.9. The lowest BCUT2D eigenvalue weighted by Crippen LogP contribution is -2.37. The van der Waals surface area contributed by atoms with Crippen molar-refractivity contribution in [3.63, 3.8) is 0 Å². The molecule has 1 aromatic rings. The van der Waals surface area contributed by atoms with Crippen molar-refractivity contribution in [3.05, 3.63) is 35.4 Å². The highest BCUT2D eigenvalue weighted by Gasteiger charge is 2.40. The van der Waals surface area contributed by atoms with Gasteiger partial charge in [0.1, 0.15) is 0 Å². The lowest BCUT2D eigenvalue weighted by molar-refractivity contribution is 0.227. The van der Waals surface area contributed by atoms with E-state index in [9.17, 15) is 0 Å². The molecule has 16 heavy (non-hydrogen) atoms.